The van der Waals surface area contributed by atoms with Gasteiger partial charge >= 0.3 is 6.18 Å². The second-order valence-electron chi connectivity index (χ2n) is 3.62. The van der Waals surface area contributed by atoms with Crippen LogP contribution in [0, 0.1) is 0 Å². The Bertz CT molecular complexity index is 399. The third kappa shape index (κ3) is 6.65. The minimum absolute atomic E-state index is 0.0807. The lowest BCUT2D eigenvalue weighted by Gasteiger charge is -2.10. The van der Waals surface area contributed by atoms with E-state index in [9.17, 15) is 13.2 Å². The van der Waals surface area contributed by atoms with Crippen LogP contribution in [0.5, 0.6) is 0 Å². The summed E-state index contributed by atoms with van der Waals surface area (Å²) in [6.07, 6.45) is -4.31. The summed E-state index contributed by atoms with van der Waals surface area (Å²) in [6, 6.07) is 1.61. The predicted molar refractivity (Wildman–Crippen MR) is 66.0 cm³/mol. The van der Waals surface area contributed by atoms with Crippen LogP contribution < -0.4 is 16.4 Å². The summed E-state index contributed by atoms with van der Waals surface area (Å²) in [5, 5.41) is 5.77. The van der Waals surface area contributed by atoms with Gasteiger partial charge in [-0.3, -0.25) is 0 Å². The number of rotatable bonds is 7. The highest BCUT2D eigenvalue weighted by Gasteiger charge is 2.27. The lowest BCUT2D eigenvalue weighted by Crippen LogP contribution is -2.20. The maximum atomic E-state index is 11.8. The topological polar surface area (TPSA) is 85.1 Å². The standard InChI is InChI=1S/C10H16F3N5O/c1-2-15-7-5-8(18-9(14)17-7)16-3-4-19-6-10(11,12)13/h5H,2-4,6H2,1H3,(H4,14,15,16,17,18). The van der Waals surface area contributed by atoms with Gasteiger partial charge in [0, 0.05) is 19.2 Å². The van der Waals surface area contributed by atoms with E-state index in [1.165, 1.54) is 0 Å². The van der Waals surface area contributed by atoms with Crippen molar-refractivity contribution in [3.05, 3.63) is 6.07 Å². The van der Waals surface area contributed by atoms with E-state index < -0.39 is 12.8 Å². The largest absolute Gasteiger partial charge is 0.411 e. The third-order valence-corrected chi connectivity index (χ3v) is 1.92. The number of nitrogens with zero attached hydrogens (tertiary/aromatic N) is 2. The van der Waals surface area contributed by atoms with Gasteiger partial charge in [-0.25, -0.2) is 0 Å². The van der Waals surface area contributed by atoms with Crippen molar-refractivity contribution < 1.29 is 17.9 Å². The van der Waals surface area contributed by atoms with Gasteiger partial charge in [-0.1, -0.05) is 0 Å². The molecule has 0 spiro atoms. The van der Waals surface area contributed by atoms with Gasteiger partial charge in [0.15, 0.2) is 0 Å². The Morgan fingerprint density at radius 2 is 1.89 bits per heavy atom. The molecule has 0 aliphatic rings. The number of halogens is 3. The van der Waals surface area contributed by atoms with Gasteiger partial charge in [0.1, 0.15) is 18.2 Å². The summed E-state index contributed by atoms with van der Waals surface area (Å²) in [5.41, 5.74) is 5.49. The number of alkyl halides is 3. The summed E-state index contributed by atoms with van der Waals surface area (Å²) >= 11 is 0. The number of hydrogen-bond donors (Lipinski definition) is 3. The molecule has 0 aliphatic heterocycles. The first kappa shape index (κ1) is 15.3. The molecule has 0 saturated carbocycles. The molecule has 19 heavy (non-hydrogen) atoms. The first-order valence-electron chi connectivity index (χ1n) is 5.67. The Kier molecular flexibility index (Phi) is 5.61. The molecule has 1 rings (SSSR count). The molecule has 1 aromatic heterocycles. The molecule has 4 N–H and O–H groups in total. The Balaban J connectivity index is 2.36. The Morgan fingerprint density at radius 3 is 2.47 bits per heavy atom. The molecule has 0 saturated heterocycles. The van der Waals surface area contributed by atoms with Crippen molar-refractivity contribution >= 4 is 17.6 Å². The van der Waals surface area contributed by atoms with Gasteiger partial charge in [-0.05, 0) is 6.92 Å². The van der Waals surface area contributed by atoms with Crippen molar-refractivity contribution in [1.82, 2.24) is 9.97 Å². The summed E-state index contributed by atoms with van der Waals surface area (Å²) in [5.74, 6) is 1.06. The average Bonchev–Trinajstić information content (AvgIpc) is 2.26. The SMILES string of the molecule is CCNc1cc(NCCOCC(F)(F)F)nc(N)n1. The van der Waals surface area contributed by atoms with Crippen LogP contribution in [0.25, 0.3) is 0 Å². The summed E-state index contributed by atoms with van der Waals surface area (Å²) in [7, 11) is 0. The van der Waals surface area contributed by atoms with Crippen molar-refractivity contribution in [2.24, 2.45) is 0 Å². The summed E-state index contributed by atoms with van der Waals surface area (Å²) < 4.78 is 39.9. The molecule has 9 heteroatoms. The van der Waals surface area contributed by atoms with Crippen molar-refractivity contribution in [2.45, 2.75) is 13.1 Å². The zero-order chi connectivity index (χ0) is 14.3. The smallest absolute Gasteiger partial charge is 0.370 e. The molecule has 1 aromatic rings. The second kappa shape index (κ2) is 6.98. The van der Waals surface area contributed by atoms with Crippen LogP contribution in [0.2, 0.25) is 0 Å². The molecule has 0 atom stereocenters. The monoisotopic (exact) mass is 279 g/mol. The molecule has 108 valence electrons. The zero-order valence-electron chi connectivity index (χ0n) is 10.4. The summed E-state index contributed by atoms with van der Waals surface area (Å²) in [6.45, 7) is 1.42. The van der Waals surface area contributed by atoms with Crippen LogP contribution in [0.4, 0.5) is 30.8 Å². The van der Waals surface area contributed by atoms with Gasteiger partial charge in [0.2, 0.25) is 5.95 Å². The van der Waals surface area contributed by atoms with E-state index in [0.717, 1.165) is 0 Å². The number of nitrogen functional groups attached to an aromatic ring is 1. The molecule has 0 amide bonds. The third-order valence-electron chi connectivity index (χ3n) is 1.92. The Labute approximate surface area is 108 Å². The van der Waals surface area contributed by atoms with Crippen molar-refractivity contribution in [3.63, 3.8) is 0 Å². The maximum absolute atomic E-state index is 11.8. The van der Waals surface area contributed by atoms with E-state index in [1.54, 1.807) is 6.07 Å². The molecule has 0 aromatic carbocycles. The summed E-state index contributed by atoms with van der Waals surface area (Å²) in [4.78, 5) is 7.84. The molecule has 0 unspecified atom stereocenters. The van der Waals surface area contributed by atoms with E-state index in [-0.39, 0.29) is 19.1 Å². The van der Waals surface area contributed by atoms with E-state index in [1.807, 2.05) is 6.92 Å². The van der Waals surface area contributed by atoms with Crippen LogP contribution in [-0.4, -0.2) is 42.4 Å². The fourth-order valence-electron chi connectivity index (χ4n) is 1.27. The van der Waals surface area contributed by atoms with Crippen LogP contribution in [0.15, 0.2) is 6.07 Å². The van der Waals surface area contributed by atoms with Crippen molar-refractivity contribution in [3.8, 4) is 0 Å². The average molecular weight is 279 g/mol. The zero-order valence-corrected chi connectivity index (χ0v) is 10.4. The van der Waals surface area contributed by atoms with Crippen LogP contribution in [0.1, 0.15) is 6.92 Å². The fourth-order valence-corrected chi connectivity index (χ4v) is 1.27. The number of nitrogens with one attached hydrogen (secondary N) is 2. The van der Waals surface area contributed by atoms with Gasteiger partial charge in [0.25, 0.3) is 0 Å². The first-order valence-corrected chi connectivity index (χ1v) is 5.67. The van der Waals surface area contributed by atoms with E-state index in [0.29, 0.717) is 18.2 Å². The molecule has 0 bridgehead atoms. The van der Waals surface area contributed by atoms with Crippen molar-refractivity contribution in [2.75, 3.05) is 42.7 Å². The van der Waals surface area contributed by atoms with Crippen LogP contribution >= 0.6 is 0 Å². The number of ether oxygens (including phenoxy) is 1. The minimum Gasteiger partial charge on any atom is -0.370 e. The van der Waals surface area contributed by atoms with Gasteiger partial charge in [-0.15, -0.1) is 0 Å². The van der Waals surface area contributed by atoms with Gasteiger partial charge in [0.05, 0.1) is 6.61 Å². The number of aromatic nitrogens is 2. The normalized spacial score (nSPS) is 11.4. The highest BCUT2D eigenvalue weighted by Crippen LogP contribution is 2.14. The quantitative estimate of drug-likeness (QED) is 0.656. The highest BCUT2D eigenvalue weighted by atomic mass is 19.4. The molecule has 0 radical (unpaired) electrons. The predicted octanol–water partition coefficient (Wildman–Crippen LogP) is 1.48. The minimum atomic E-state index is -4.31. The number of anilines is 3. The Morgan fingerprint density at radius 1 is 1.26 bits per heavy atom. The molecule has 0 aliphatic carbocycles. The maximum Gasteiger partial charge on any atom is 0.411 e. The highest BCUT2D eigenvalue weighted by molar-refractivity contribution is 5.50. The lowest BCUT2D eigenvalue weighted by atomic mass is 10.5. The van der Waals surface area contributed by atoms with Gasteiger partial charge < -0.3 is 21.1 Å². The lowest BCUT2D eigenvalue weighted by molar-refractivity contribution is -0.172. The molecular weight excluding hydrogens is 263 g/mol. The number of hydrogen-bond acceptors (Lipinski definition) is 6. The molecular formula is C10H16F3N5O. The fraction of sp³-hybridized carbons (Fsp3) is 0.600. The number of nitrogens with two attached hydrogens (primary N) is 1. The molecule has 1 heterocycles. The first-order chi connectivity index (χ1) is 8.90. The van der Waals surface area contributed by atoms with Crippen molar-refractivity contribution in [1.29, 1.82) is 0 Å². The van der Waals surface area contributed by atoms with E-state index in [4.69, 9.17) is 5.73 Å². The molecule has 0 fully saturated rings. The van der Waals surface area contributed by atoms with Gasteiger partial charge in [-0.2, -0.15) is 23.1 Å². The van der Waals surface area contributed by atoms with E-state index >= 15 is 0 Å². The van der Waals surface area contributed by atoms with E-state index in [2.05, 4.69) is 25.3 Å². The van der Waals surface area contributed by atoms with Crippen LogP contribution in [0.3, 0.4) is 0 Å². The Hall–Kier alpha value is -1.77. The van der Waals surface area contributed by atoms with Crippen LogP contribution in [-0.2, 0) is 4.74 Å². The second-order valence-corrected chi connectivity index (χ2v) is 3.62. The molecule has 6 nitrogen and oxygen atoms in total.